The summed E-state index contributed by atoms with van der Waals surface area (Å²) in [7, 11) is 0. The summed E-state index contributed by atoms with van der Waals surface area (Å²) in [5, 5.41) is 17.1. The fraction of sp³-hybridized carbons (Fsp3) is 0.0556. The van der Waals surface area contributed by atoms with E-state index in [1.807, 2.05) is 24.3 Å². The fourth-order valence-corrected chi connectivity index (χ4v) is 2.47. The molecule has 3 heterocycles. The van der Waals surface area contributed by atoms with Crippen molar-refractivity contribution in [3.63, 3.8) is 0 Å². The Kier molecular flexibility index (Phi) is 4.32. The number of carbonyl (C=O) groups excluding carboxylic acids is 1. The van der Waals surface area contributed by atoms with E-state index in [-0.39, 0.29) is 0 Å². The van der Waals surface area contributed by atoms with Crippen LogP contribution < -0.4 is 10.6 Å². The third-order valence-electron chi connectivity index (χ3n) is 3.69. The lowest BCUT2D eigenvalue weighted by Gasteiger charge is -2.05. The zero-order chi connectivity index (χ0) is 18.6. The summed E-state index contributed by atoms with van der Waals surface area (Å²) in [6.45, 7) is 1.75. The highest BCUT2D eigenvalue weighted by molar-refractivity contribution is 6.02. The van der Waals surface area contributed by atoms with Crippen LogP contribution in [-0.4, -0.2) is 32.6 Å². The van der Waals surface area contributed by atoms with Crippen LogP contribution >= 0.6 is 0 Å². The second-order valence-corrected chi connectivity index (χ2v) is 5.72. The Balaban J connectivity index is 1.48. The molecular formula is C18H15N7O2. The normalized spacial score (nSPS) is 11.1. The van der Waals surface area contributed by atoms with E-state index in [0.29, 0.717) is 28.6 Å². The minimum Gasteiger partial charge on any atom is -0.360 e. The summed E-state index contributed by atoms with van der Waals surface area (Å²) >= 11 is 0. The predicted octanol–water partition coefficient (Wildman–Crippen LogP) is 3.65. The minimum absolute atomic E-state index is 0.346. The van der Waals surface area contributed by atoms with Gasteiger partial charge in [0.1, 0.15) is 5.76 Å². The number of amides is 2. The number of rotatable bonds is 4. The molecule has 0 atom stereocenters. The van der Waals surface area contributed by atoms with E-state index < -0.39 is 6.03 Å². The lowest BCUT2D eigenvalue weighted by Crippen LogP contribution is -2.19. The molecule has 0 spiro atoms. The molecular weight excluding hydrogens is 346 g/mol. The number of hydrogen-bond donors (Lipinski definition) is 3. The quantitative estimate of drug-likeness (QED) is 0.479. The first-order chi connectivity index (χ1) is 13.2. The van der Waals surface area contributed by atoms with E-state index in [0.717, 1.165) is 11.1 Å². The van der Waals surface area contributed by atoms with Crippen molar-refractivity contribution in [1.29, 1.82) is 0 Å². The molecule has 0 fully saturated rings. The average Bonchev–Trinajstić information content (AvgIpc) is 3.26. The number of aromatic nitrogens is 4. The molecule has 4 rings (SSSR count). The van der Waals surface area contributed by atoms with Gasteiger partial charge in [-0.05, 0) is 37.3 Å². The van der Waals surface area contributed by atoms with Crippen LogP contribution in [0.15, 0.2) is 58.2 Å². The molecule has 2 amide bonds. The second-order valence-electron chi connectivity index (χ2n) is 5.72. The predicted molar refractivity (Wildman–Crippen MR) is 101 cm³/mol. The first-order valence-corrected chi connectivity index (χ1v) is 8.12. The van der Waals surface area contributed by atoms with E-state index in [4.69, 9.17) is 4.52 Å². The molecule has 1 aromatic carbocycles. The van der Waals surface area contributed by atoms with Gasteiger partial charge in [0, 0.05) is 23.3 Å². The molecule has 3 N–H and O–H groups in total. The molecule has 0 radical (unpaired) electrons. The second kappa shape index (κ2) is 7.08. The standard InChI is InChI=1S/C18H15N7O2/c1-11-8-17(25-27-11)22-18(26)21-12-5-6-13-14(9-12)23-24-15(13)10-20-16-4-2-3-7-19-16/h2-10H,1H3,(H,23,24)(H2,21,22,25,26)/b20-10+. The van der Waals surface area contributed by atoms with Crippen molar-refractivity contribution < 1.29 is 9.32 Å². The molecule has 0 unspecified atom stereocenters. The Morgan fingerprint density at radius 2 is 2.15 bits per heavy atom. The van der Waals surface area contributed by atoms with Crippen LogP contribution in [0.5, 0.6) is 0 Å². The highest BCUT2D eigenvalue weighted by atomic mass is 16.5. The van der Waals surface area contributed by atoms with E-state index in [2.05, 4.69) is 36.0 Å². The smallest absolute Gasteiger partial charge is 0.324 e. The number of urea groups is 1. The number of nitrogens with one attached hydrogen (secondary N) is 3. The van der Waals surface area contributed by atoms with Gasteiger partial charge in [0.2, 0.25) is 0 Å². The molecule has 0 saturated heterocycles. The Morgan fingerprint density at radius 3 is 2.93 bits per heavy atom. The maximum Gasteiger partial charge on any atom is 0.324 e. The lowest BCUT2D eigenvalue weighted by molar-refractivity contribution is 0.262. The van der Waals surface area contributed by atoms with Gasteiger partial charge < -0.3 is 9.84 Å². The number of carbonyl (C=O) groups is 1. The molecule has 0 aliphatic carbocycles. The molecule has 0 saturated carbocycles. The van der Waals surface area contributed by atoms with Gasteiger partial charge in [0.15, 0.2) is 11.6 Å². The monoisotopic (exact) mass is 361 g/mol. The summed E-state index contributed by atoms with van der Waals surface area (Å²) in [6, 6.07) is 12.1. The topological polar surface area (TPSA) is 121 Å². The Hall–Kier alpha value is -4.01. The van der Waals surface area contributed by atoms with Crippen molar-refractivity contribution in [1.82, 2.24) is 20.3 Å². The number of H-pyrrole nitrogens is 1. The van der Waals surface area contributed by atoms with Crippen LogP contribution in [0.1, 0.15) is 11.5 Å². The molecule has 9 heteroatoms. The summed E-state index contributed by atoms with van der Waals surface area (Å²) < 4.78 is 4.91. The number of aliphatic imine (C=N–C) groups is 1. The number of hydrogen-bond acceptors (Lipinski definition) is 6. The number of pyridine rings is 1. The van der Waals surface area contributed by atoms with E-state index in [1.165, 1.54) is 0 Å². The zero-order valence-electron chi connectivity index (χ0n) is 14.3. The van der Waals surface area contributed by atoms with Crippen molar-refractivity contribution in [2.45, 2.75) is 6.92 Å². The molecule has 4 aromatic rings. The molecule has 9 nitrogen and oxygen atoms in total. The summed E-state index contributed by atoms with van der Waals surface area (Å²) in [4.78, 5) is 20.5. The molecule has 0 aliphatic heterocycles. The number of aromatic amines is 1. The first kappa shape index (κ1) is 16.5. The number of aryl methyl sites for hydroxylation is 1. The Labute approximate surface area is 153 Å². The van der Waals surface area contributed by atoms with Gasteiger partial charge in [-0.2, -0.15) is 5.10 Å². The average molecular weight is 361 g/mol. The highest BCUT2D eigenvalue weighted by Gasteiger charge is 2.09. The fourth-order valence-electron chi connectivity index (χ4n) is 2.47. The van der Waals surface area contributed by atoms with Crippen LogP contribution in [0.3, 0.4) is 0 Å². The number of benzene rings is 1. The van der Waals surface area contributed by atoms with E-state index in [9.17, 15) is 4.79 Å². The minimum atomic E-state index is -0.421. The van der Waals surface area contributed by atoms with Crippen LogP contribution in [0.25, 0.3) is 10.9 Å². The van der Waals surface area contributed by atoms with Crippen molar-refractivity contribution >= 4 is 40.5 Å². The number of nitrogens with zero attached hydrogens (tertiary/aromatic N) is 4. The third kappa shape index (κ3) is 3.82. The van der Waals surface area contributed by atoms with Gasteiger partial charge in [-0.1, -0.05) is 11.2 Å². The lowest BCUT2D eigenvalue weighted by atomic mass is 10.2. The Morgan fingerprint density at radius 1 is 1.22 bits per heavy atom. The van der Waals surface area contributed by atoms with Crippen LogP contribution in [0.2, 0.25) is 0 Å². The van der Waals surface area contributed by atoms with Gasteiger partial charge in [0.25, 0.3) is 0 Å². The first-order valence-electron chi connectivity index (χ1n) is 8.12. The summed E-state index contributed by atoms with van der Waals surface area (Å²) in [6.07, 6.45) is 3.35. The van der Waals surface area contributed by atoms with E-state index in [1.54, 1.807) is 37.5 Å². The van der Waals surface area contributed by atoms with Crippen molar-refractivity contribution in [2.75, 3.05) is 10.6 Å². The van der Waals surface area contributed by atoms with Crippen LogP contribution in [-0.2, 0) is 0 Å². The van der Waals surface area contributed by atoms with Crippen LogP contribution in [0.4, 0.5) is 22.1 Å². The SMILES string of the molecule is Cc1cc(NC(=O)Nc2ccc3c(/C=N/c4ccccn4)[nH]nc3c2)no1. The molecule has 3 aromatic heterocycles. The largest absolute Gasteiger partial charge is 0.360 e. The van der Waals surface area contributed by atoms with Crippen molar-refractivity contribution in [3.05, 3.63) is 60.1 Å². The van der Waals surface area contributed by atoms with Gasteiger partial charge in [-0.15, -0.1) is 0 Å². The zero-order valence-corrected chi connectivity index (χ0v) is 14.3. The number of anilines is 2. The summed E-state index contributed by atoms with van der Waals surface area (Å²) in [5.74, 6) is 1.57. The van der Waals surface area contributed by atoms with Gasteiger partial charge >= 0.3 is 6.03 Å². The van der Waals surface area contributed by atoms with Crippen molar-refractivity contribution in [2.24, 2.45) is 4.99 Å². The van der Waals surface area contributed by atoms with Crippen LogP contribution in [0, 0.1) is 6.92 Å². The Bertz CT molecular complexity index is 1120. The number of fused-ring (bicyclic) bond motifs is 1. The third-order valence-corrected chi connectivity index (χ3v) is 3.69. The molecule has 0 aliphatic rings. The van der Waals surface area contributed by atoms with Gasteiger partial charge in [0.05, 0.1) is 17.4 Å². The summed E-state index contributed by atoms with van der Waals surface area (Å²) in [5.41, 5.74) is 2.05. The maximum atomic E-state index is 12.0. The maximum absolute atomic E-state index is 12.0. The molecule has 0 bridgehead atoms. The molecule has 134 valence electrons. The van der Waals surface area contributed by atoms with Gasteiger partial charge in [-0.3, -0.25) is 10.4 Å². The van der Waals surface area contributed by atoms with Crippen molar-refractivity contribution in [3.8, 4) is 0 Å². The van der Waals surface area contributed by atoms with Gasteiger partial charge in [-0.25, -0.2) is 14.8 Å². The molecule has 27 heavy (non-hydrogen) atoms. The van der Waals surface area contributed by atoms with E-state index >= 15 is 0 Å². The highest BCUT2D eigenvalue weighted by Crippen LogP contribution is 2.20.